The quantitative estimate of drug-likeness (QED) is 0.829. The van der Waals surface area contributed by atoms with Crippen molar-refractivity contribution in [3.63, 3.8) is 0 Å². The van der Waals surface area contributed by atoms with Gasteiger partial charge in [-0.05, 0) is 31.2 Å². The van der Waals surface area contributed by atoms with Crippen molar-refractivity contribution in [2.24, 2.45) is 0 Å². The van der Waals surface area contributed by atoms with Gasteiger partial charge in [0.05, 0.1) is 12.2 Å². The summed E-state index contributed by atoms with van der Waals surface area (Å²) in [5, 5.41) is 3.33. The maximum absolute atomic E-state index is 4.30. The average molecular weight is 236 g/mol. The number of hydrogen-bond donors (Lipinski definition) is 1. The van der Waals surface area contributed by atoms with Crippen LogP contribution in [0.4, 0.5) is 0 Å². The van der Waals surface area contributed by atoms with E-state index in [-0.39, 0.29) is 6.04 Å². The highest BCUT2D eigenvalue weighted by molar-refractivity contribution is 5.33. The van der Waals surface area contributed by atoms with Crippen LogP contribution in [-0.2, 0) is 0 Å². The zero-order valence-electron chi connectivity index (χ0n) is 10.4. The van der Waals surface area contributed by atoms with E-state index in [2.05, 4.69) is 29.1 Å². The molecule has 0 unspecified atom stereocenters. The summed E-state index contributed by atoms with van der Waals surface area (Å²) in [4.78, 5) is 4.30. The minimum atomic E-state index is 0.219. The summed E-state index contributed by atoms with van der Waals surface area (Å²) in [6, 6.07) is 16.2. The molecule has 90 valence electrons. The monoisotopic (exact) mass is 236 g/mol. The van der Waals surface area contributed by atoms with E-state index >= 15 is 0 Å². The first-order valence-electron chi connectivity index (χ1n) is 6.04. The Labute approximate surface area is 108 Å². The molecule has 0 saturated carbocycles. The molecule has 1 heterocycles. The van der Waals surface area contributed by atoms with Crippen molar-refractivity contribution in [1.29, 1.82) is 0 Å². The minimum absolute atomic E-state index is 0.219. The third-order valence-electron chi connectivity index (χ3n) is 2.63. The fourth-order valence-corrected chi connectivity index (χ4v) is 1.61. The van der Waals surface area contributed by atoms with Gasteiger partial charge in [-0.25, -0.2) is 0 Å². The molecular formula is C16H16N2. The Bertz CT molecular complexity index is 523. The van der Waals surface area contributed by atoms with E-state index in [0.29, 0.717) is 6.54 Å². The predicted molar refractivity (Wildman–Crippen MR) is 74.0 cm³/mol. The molecule has 0 bridgehead atoms. The summed E-state index contributed by atoms with van der Waals surface area (Å²) in [6.45, 7) is 2.75. The predicted octanol–water partition coefficient (Wildman–Crippen LogP) is 2.78. The van der Waals surface area contributed by atoms with Crippen LogP contribution in [0.2, 0.25) is 0 Å². The van der Waals surface area contributed by atoms with Crippen LogP contribution in [0.1, 0.15) is 24.2 Å². The van der Waals surface area contributed by atoms with E-state index in [1.54, 1.807) is 0 Å². The van der Waals surface area contributed by atoms with Gasteiger partial charge in [0.1, 0.15) is 0 Å². The van der Waals surface area contributed by atoms with Gasteiger partial charge in [-0.3, -0.25) is 10.3 Å². The Balaban J connectivity index is 1.85. The second-order valence-electron chi connectivity index (χ2n) is 4.02. The van der Waals surface area contributed by atoms with E-state index in [1.165, 1.54) is 0 Å². The molecule has 0 aliphatic heterocycles. The topological polar surface area (TPSA) is 24.9 Å². The SMILES string of the molecule is C[C@@H](NCC#Cc1ccccc1)c1ccccn1. The van der Waals surface area contributed by atoms with E-state index in [0.717, 1.165) is 11.3 Å². The van der Waals surface area contributed by atoms with Crippen LogP contribution in [0.3, 0.4) is 0 Å². The van der Waals surface area contributed by atoms with Crippen LogP contribution < -0.4 is 5.32 Å². The van der Waals surface area contributed by atoms with Crippen LogP contribution in [0, 0.1) is 11.8 Å². The molecule has 2 nitrogen and oxygen atoms in total. The Morgan fingerprint density at radius 3 is 2.61 bits per heavy atom. The molecule has 1 aromatic heterocycles. The molecule has 18 heavy (non-hydrogen) atoms. The van der Waals surface area contributed by atoms with Gasteiger partial charge < -0.3 is 0 Å². The summed E-state index contributed by atoms with van der Waals surface area (Å²) in [5.74, 6) is 6.23. The van der Waals surface area contributed by atoms with E-state index in [1.807, 2.05) is 54.7 Å². The molecule has 2 aromatic rings. The normalized spacial score (nSPS) is 11.4. The average Bonchev–Trinajstić information content (AvgIpc) is 2.45. The molecule has 0 aliphatic rings. The Kier molecular flexibility index (Phi) is 4.52. The molecule has 0 fully saturated rings. The lowest BCUT2D eigenvalue weighted by atomic mass is 10.2. The smallest absolute Gasteiger partial charge is 0.0585 e. The molecular weight excluding hydrogens is 220 g/mol. The van der Waals surface area contributed by atoms with E-state index in [4.69, 9.17) is 0 Å². The van der Waals surface area contributed by atoms with Crippen LogP contribution in [0.15, 0.2) is 54.7 Å². The maximum Gasteiger partial charge on any atom is 0.0585 e. The van der Waals surface area contributed by atoms with Crippen molar-refractivity contribution >= 4 is 0 Å². The van der Waals surface area contributed by atoms with Gasteiger partial charge in [0, 0.05) is 17.8 Å². The molecule has 0 saturated heterocycles. The second-order valence-corrected chi connectivity index (χ2v) is 4.02. The van der Waals surface area contributed by atoms with Crippen molar-refractivity contribution in [2.45, 2.75) is 13.0 Å². The number of nitrogens with zero attached hydrogens (tertiary/aromatic N) is 1. The Morgan fingerprint density at radius 2 is 1.89 bits per heavy atom. The van der Waals surface area contributed by atoms with Crippen LogP contribution >= 0.6 is 0 Å². The van der Waals surface area contributed by atoms with Crippen LogP contribution in [0.5, 0.6) is 0 Å². The molecule has 0 amide bonds. The van der Waals surface area contributed by atoms with Gasteiger partial charge in [-0.1, -0.05) is 36.1 Å². The summed E-state index contributed by atoms with van der Waals surface area (Å²) >= 11 is 0. The Morgan fingerprint density at radius 1 is 1.11 bits per heavy atom. The van der Waals surface area contributed by atoms with Crippen LogP contribution in [0.25, 0.3) is 0 Å². The molecule has 1 atom stereocenters. The van der Waals surface area contributed by atoms with Gasteiger partial charge >= 0.3 is 0 Å². The third-order valence-corrected chi connectivity index (χ3v) is 2.63. The van der Waals surface area contributed by atoms with Crippen molar-refractivity contribution in [1.82, 2.24) is 10.3 Å². The summed E-state index contributed by atoms with van der Waals surface area (Å²) < 4.78 is 0. The molecule has 0 spiro atoms. The highest BCUT2D eigenvalue weighted by Crippen LogP contribution is 2.06. The summed E-state index contributed by atoms with van der Waals surface area (Å²) in [7, 11) is 0. The lowest BCUT2D eigenvalue weighted by Crippen LogP contribution is -2.19. The molecule has 2 heteroatoms. The largest absolute Gasteiger partial charge is 0.298 e. The number of aromatic nitrogens is 1. The van der Waals surface area contributed by atoms with E-state index in [9.17, 15) is 0 Å². The van der Waals surface area contributed by atoms with Gasteiger partial charge in [-0.15, -0.1) is 0 Å². The lowest BCUT2D eigenvalue weighted by Gasteiger charge is -2.10. The molecule has 1 aromatic carbocycles. The zero-order chi connectivity index (χ0) is 12.6. The number of pyridine rings is 1. The van der Waals surface area contributed by atoms with Gasteiger partial charge in [0.25, 0.3) is 0 Å². The fourth-order valence-electron chi connectivity index (χ4n) is 1.61. The third kappa shape index (κ3) is 3.73. The van der Waals surface area contributed by atoms with Crippen molar-refractivity contribution in [3.05, 3.63) is 66.0 Å². The molecule has 2 rings (SSSR count). The standard InChI is InChI=1S/C16H16N2/c1-14(16-11-5-6-12-18-16)17-13-7-10-15-8-3-2-4-9-15/h2-6,8-9,11-12,14,17H,13H2,1H3/t14-/m1/s1. The highest BCUT2D eigenvalue weighted by Gasteiger charge is 2.02. The van der Waals surface area contributed by atoms with Gasteiger partial charge in [0.15, 0.2) is 0 Å². The van der Waals surface area contributed by atoms with Gasteiger partial charge in [0.2, 0.25) is 0 Å². The maximum atomic E-state index is 4.30. The number of benzene rings is 1. The van der Waals surface area contributed by atoms with Gasteiger partial charge in [-0.2, -0.15) is 0 Å². The number of nitrogens with one attached hydrogen (secondary N) is 1. The van der Waals surface area contributed by atoms with Crippen LogP contribution in [-0.4, -0.2) is 11.5 Å². The highest BCUT2D eigenvalue weighted by atomic mass is 14.9. The Hall–Kier alpha value is -2.11. The van der Waals surface area contributed by atoms with Crippen molar-refractivity contribution < 1.29 is 0 Å². The van der Waals surface area contributed by atoms with Crippen molar-refractivity contribution in [2.75, 3.05) is 6.54 Å². The molecule has 1 N–H and O–H groups in total. The number of rotatable bonds is 3. The zero-order valence-corrected chi connectivity index (χ0v) is 10.4. The first kappa shape index (κ1) is 12.3. The molecule has 0 aliphatic carbocycles. The lowest BCUT2D eigenvalue weighted by molar-refractivity contribution is 0.606. The summed E-state index contributed by atoms with van der Waals surface area (Å²) in [6.07, 6.45) is 1.81. The second kappa shape index (κ2) is 6.58. The first-order chi connectivity index (χ1) is 8.86. The van der Waals surface area contributed by atoms with Crippen molar-refractivity contribution in [3.8, 4) is 11.8 Å². The molecule has 0 radical (unpaired) electrons. The minimum Gasteiger partial charge on any atom is -0.298 e. The van der Waals surface area contributed by atoms with E-state index < -0.39 is 0 Å². The first-order valence-corrected chi connectivity index (χ1v) is 6.04. The fraction of sp³-hybridized carbons (Fsp3) is 0.188. The number of hydrogen-bond acceptors (Lipinski definition) is 2. The summed E-state index contributed by atoms with van der Waals surface area (Å²) in [5.41, 5.74) is 2.09.